The van der Waals surface area contributed by atoms with Gasteiger partial charge in [-0.15, -0.1) is 0 Å². The van der Waals surface area contributed by atoms with Crippen LogP contribution in [0.4, 0.5) is 18.9 Å². The van der Waals surface area contributed by atoms with Crippen LogP contribution in [-0.4, -0.2) is 11.2 Å². The quantitative estimate of drug-likeness (QED) is 0.763. The second-order valence-corrected chi connectivity index (χ2v) is 3.19. The second-order valence-electron chi connectivity index (χ2n) is 3.19. The fraction of sp³-hybridized carbons (Fsp3) is 0.444. The van der Waals surface area contributed by atoms with Gasteiger partial charge in [-0.05, 0) is 25.5 Å². The molecule has 0 aliphatic carbocycles. The molecule has 0 amide bonds. The number of hydrogen-bond acceptors (Lipinski definition) is 2. The minimum absolute atomic E-state index is 0.0995. The molecule has 0 aliphatic heterocycles. The largest absolute Gasteiger partial charge is 0.397 e. The van der Waals surface area contributed by atoms with Crippen molar-refractivity contribution in [2.24, 2.45) is 0 Å². The van der Waals surface area contributed by atoms with Gasteiger partial charge >= 0.3 is 6.18 Å². The Morgan fingerprint density at radius 3 is 2.50 bits per heavy atom. The van der Waals surface area contributed by atoms with Crippen molar-refractivity contribution in [1.29, 1.82) is 0 Å². The SMILES string of the molecule is Cc1ccnc([C@@H](C)C(F)(F)F)c1N. The van der Waals surface area contributed by atoms with Crippen molar-refractivity contribution in [3.63, 3.8) is 0 Å². The third-order valence-electron chi connectivity index (χ3n) is 2.14. The molecule has 5 heteroatoms. The van der Waals surface area contributed by atoms with Crippen molar-refractivity contribution in [3.05, 3.63) is 23.5 Å². The lowest BCUT2D eigenvalue weighted by Crippen LogP contribution is -2.20. The molecule has 0 saturated carbocycles. The Bertz CT molecular complexity index is 333. The van der Waals surface area contributed by atoms with E-state index in [1.54, 1.807) is 13.0 Å². The average molecular weight is 204 g/mol. The highest BCUT2D eigenvalue weighted by atomic mass is 19.4. The van der Waals surface area contributed by atoms with Gasteiger partial charge in [0.15, 0.2) is 0 Å². The van der Waals surface area contributed by atoms with Gasteiger partial charge in [-0.1, -0.05) is 0 Å². The number of alkyl halides is 3. The third-order valence-corrected chi connectivity index (χ3v) is 2.14. The van der Waals surface area contributed by atoms with E-state index in [0.29, 0.717) is 5.56 Å². The summed E-state index contributed by atoms with van der Waals surface area (Å²) >= 11 is 0. The molecular formula is C9H11F3N2. The molecule has 0 unspecified atom stereocenters. The standard InChI is InChI=1S/C9H11F3N2/c1-5-3-4-14-8(7(5)13)6(2)9(10,11)12/h3-4,6H,13H2,1-2H3/t6-/m1/s1. The first-order valence-corrected chi connectivity index (χ1v) is 4.11. The molecule has 0 fully saturated rings. The van der Waals surface area contributed by atoms with Crippen LogP contribution < -0.4 is 5.73 Å². The lowest BCUT2D eigenvalue weighted by atomic mass is 10.0. The predicted octanol–water partition coefficient (Wildman–Crippen LogP) is 2.64. The van der Waals surface area contributed by atoms with E-state index in [0.717, 1.165) is 6.92 Å². The van der Waals surface area contributed by atoms with E-state index in [9.17, 15) is 13.2 Å². The summed E-state index contributed by atoms with van der Waals surface area (Å²) in [5.41, 5.74) is 6.16. The monoisotopic (exact) mass is 204 g/mol. The van der Waals surface area contributed by atoms with Crippen LogP contribution in [0.15, 0.2) is 12.3 Å². The molecule has 2 N–H and O–H groups in total. The van der Waals surface area contributed by atoms with E-state index >= 15 is 0 Å². The minimum Gasteiger partial charge on any atom is -0.397 e. The van der Waals surface area contributed by atoms with Crippen LogP contribution in [0.3, 0.4) is 0 Å². The number of nitrogens with zero attached hydrogens (tertiary/aromatic N) is 1. The summed E-state index contributed by atoms with van der Waals surface area (Å²) in [5, 5.41) is 0. The van der Waals surface area contributed by atoms with Gasteiger partial charge < -0.3 is 5.73 Å². The maximum atomic E-state index is 12.4. The van der Waals surface area contributed by atoms with Gasteiger partial charge in [-0.3, -0.25) is 4.98 Å². The topological polar surface area (TPSA) is 38.9 Å². The van der Waals surface area contributed by atoms with Crippen molar-refractivity contribution in [2.45, 2.75) is 25.9 Å². The number of aromatic nitrogens is 1. The van der Waals surface area contributed by atoms with Crippen LogP contribution in [0.1, 0.15) is 24.1 Å². The van der Waals surface area contributed by atoms with Crippen molar-refractivity contribution < 1.29 is 13.2 Å². The van der Waals surface area contributed by atoms with Gasteiger partial charge in [0.2, 0.25) is 0 Å². The van der Waals surface area contributed by atoms with Crippen LogP contribution in [0.5, 0.6) is 0 Å². The summed E-state index contributed by atoms with van der Waals surface area (Å²) < 4.78 is 37.1. The Labute approximate surface area is 79.9 Å². The molecule has 1 atom stereocenters. The van der Waals surface area contributed by atoms with E-state index in [4.69, 9.17) is 5.73 Å². The Morgan fingerprint density at radius 2 is 2.00 bits per heavy atom. The molecule has 78 valence electrons. The molecule has 1 heterocycles. The number of halogens is 3. The van der Waals surface area contributed by atoms with Gasteiger partial charge in [-0.25, -0.2) is 0 Å². The summed E-state index contributed by atoms with van der Waals surface area (Å²) in [6.07, 6.45) is -2.96. The number of nitrogens with two attached hydrogens (primary N) is 1. The zero-order valence-corrected chi connectivity index (χ0v) is 7.89. The van der Waals surface area contributed by atoms with Crippen LogP contribution >= 0.6 is 0 Å². The number of aryl methyl sites for hydroxylation is 1. The van der Waals surface area contributed by atoms with E-state index in [2.05, 4.69) is 4.98 Å². The molecular weight excluding hydrogens is 193 g/mol. The van der Waals surface area contributed by atoms with E-state index in [1.807, 2.05) is 0 Å². The normalized spacial score (nSPS) is 14.1. The molecule has 0 saturated heterocycles. The van der Waals surface area contributed by atoms with Gasteiger partial charge in [0.05, 0.1) is 17.3 Å². The van der Waals surface area contributed by atoms with Crippen LogP contribution in [0.2, 0.25) is 0 Å². The Balaban J connectivity index is 3.14. The van der Waals surface area contributed by atoms with Crippen molar-refractivity contribution >= 4 is 5.69 Å². The maximum Gasteiger partial charge on any atom is 0.397 e. The summed E-state index contributed by atoms with van der Waals surface area (Å²) in [6.45, 7) is 2.71. The van der Waals surface area contributed by atoms with Gasteiger partial charge in [-0.2, -0.15) is 13.2 Å². The number of anilines is 1. The molecule has 14 heavy (non-hydrogen) atoms. The smallest absolute Gasteiger partial charge is 0.397 e. The van der Waals surface area contributed by atoms with Gasteiger partial charge in [0, 0.05) is 6.20 Å². The van der Waals surface area contributed by atoms with Crippen molar-refractivity contribution in [3.8, 4) is 0 Å². The molecule has 0 bridgehead atoms. The molecule has 1 rings (SSSR count). The zero-order chi connectivity index (χ0) is 10.9. The second kappa shape index (κ2) is 3.48. The van der Waals surface area contributed by atoms with Gasteiger partial charge in [0.25, 0.3) is 0 Å². The Hall–Kier alpha value is -1.26. The first-order chi connectivity index (χ1) is 6.34. The highest BCUT2D eigenvalue weighted by Crippen LogP contribution is 2.36. The summed E-state index contributed by atoms with van der Waals surface area (Å²) in [7, 11) is 0. The maximum absolute atomic E-state index is 12.4. The fourth-order valence-corrected chi connectivity index (χ4v) is 1.09. The summed E-state index contributed by atoms with van der Waals surface area (Å²) in [6, 6.07) is 1.59. The van der Waals surface area contributed by atoms with Crippen LogP contribution in [-0.2, 0) is 0 Å². The molecule has 0 aliphatic rings. The first kappa shape index (κ1) is 10.8. The molecule has 1 aromatic rings. The number of pyridine rings is 1. The number of rotatable bonds is 1. The molecule has 1 aromatic heterocycles. The molecule has 2 nitrogen and oxygen atoms in total. The zero-order valence-electron chi connectivity index (χ0n) is 7.89. The molecule has 0 spiro atoms. The lowest BCUT2D eigenvalue weighted by molar-refractivity contribution is -0.146. The van der Waals surface area contributed by atoms with Crippen molar-refractivity contribution in [1.82, 2.24) is 4.98 Å². The number of nitrogen functional groups attached to an aromatic ring is 1. The molecule has 0 aromatic carbocycles. The van der Waals surface area contributed by atoms with E-state index in [-0.39, 0.29) is 11.4 Å². The fourth-order valence-electron chi connectivity index (χ4n) is 1.09. The van der Waals surface area contributed by atoms with Crippen LogP contribution in [0.25, 0.3) is 0 Å². The Morgan fingerprint density at radius 1 is 1.43 bits per heavy atom. The summed E-state index contributed by atoms with van der Waals surface area (Å²) in [5.74, 6) is -1.62. The number of hydrogen-bond donors (Lipinski definition) is 1. The third kappa shape index (κ3) is 1.97. The van der Waals surface area contributed by atoms with E-state index < -0.39 is 12.1 Å². The average Bonchev–Trinajstić information content (AvgIpc) is 2.07. The van der Waals surface area contributed by atoms with Crippen LogP contribution in [0, 0.1) is 6.92 Å². The molecule has 0 radical (unpaired) electrons. The summed E-state index contributed by atoms with van der Waals surface area (Å²) in [4.78, 5) is 3.66. The van der Waals surface area contributed by atoms with Gasteiger partial charge in [0.1, 0.15) is 0 Å². The lowest BCUT2D eigenvalue weighted by Gasteiger charge is -2.17. The highest BCUT2D eigenvalue weighted by Gasteiger charge is 2.39. The van der Waals surface area contributed by atoms with E-state index in [1.165, 1.54) is 6.20 Å². The first-order valence-electron chi connectivity index (χ1n) is 4.11. The predicted molar refractivity (Wildman–Crippen MR) is 47.9 cm³/mol. The minimum atomic E-state index is -4.30. The Kier molecular flexibility index (Phi) is 2.69. The highest BCUT2D eigenvalue weighted by molar-refractivity contribution is 5.51. The van der Waals surface area contributed by atoms with Crippen molar-refractivity contribution in [2.75, 3.05) is 5.73 Å².